The van der Waals surface area contributed by atoms with E-state index in [4.69, 9.17) is 4.74 Å². The van der Waals surface area contributed by atoms with E-state index in [2.05, 4.69) is 5.32 Å². The van der Waals surface area contributed by atoms with Gasteiger partial charge in [-0.2, -0.15) is 0 Å². The fourth-order valence-corrected chi connectivity index (χ4v) is 2.20. The number of rotatable bonds is 5. The van der Waals surface area contributed by atoms with E-state index < -0.39 is 11.6 Å². The number of nitrogens with one attached hydrogen (secondary N) is 1. The highest BCUT2D eigenvalue weighted by molar-refractivity contribution is 5.99. The molecule has 1 saturated heterocycles. The molecule has 1 aliphatic rings. The SMILES string of the molecule is CCC1(CC)NC(=O)C(C)N(CCOC)C1=O. The zero-order chi connectivity index (χ0) is 13.1. The number of piperazine rings is 1. The van der Waals surface area contributed by atoms with Crippen LogP contribution in [-0.4, -0.2) is 48.6 Å². The first-order valence-corrected chi connectivity index (χ1v) is 6.14. The summed E-state index contributed by atoms with van der Waals surface area (Å²) in [4.78, 5) is 25.9. The van der Waals surface area contributed by atoms with Gasteiger partial charge in [0.05, 0.1) is 6.61 Å². The van der Waals surface area contributed by atoms with E-state index >= 15 is 0 Å². The van der Waals surface area contributed by atoms with E-state index in [0.717, 1.165) is 0 Å². The van der Waals surface area contributed by atoms with Crippen LogP contribution in [0.3, 0.4) is 0 Å². The molecule has 2 amide bonds. The maximum Gasteiger partial charge on any atom is 0.249 e. The Morgan fingerprint density at radius 2 is 1.94 bits per heavy atom. The summed E-state index contributed by atoms with van der Waals surface area (Å²) >= 11 is 0. The van der Waals surface area contributed by atoms with Gasteiger partial charge in [-0.3, -0.25) is 9.59 Å². The first kappa shape index (κ1) is 14.0. The maximum atomic E-state index is 12.4. The number of hydrogen-bond acceptors (Lipinski definition) is 3. The van der Waals surface area contributed by atoms with Crippen molar-refractivity contribution >= 4 is 11.8 Å². The van der Waals surface area contributed by atoms with Gasteiger partial charge in [-0.15, -0.1) is 0 Å². The topological polar surface area (TPSA) is 58.6 Å². The molecule has 0 aliphatic carbocycles. The minimum Gasteiger partial charge on any atom is -0.383 e. The predicted octanol–water partition coefficient (Wildman–Crippen LogP) is 0.538. The number of ether oxygens (including phenoxy) is 1. The first-order chi connectivity index (χ1) is 8.02. The van der Waals surface area contributed by atoms with Gasteiger partial charge in [0.2, 0.25) is 11.8 Å². The monoisotopic (exact) mass is 242 g/mol. The van der Waals surface area contributed by atoms with Crippen molar-refractivity contribution in [3.63, 3.8) is 0 Å². The third kappa shape index (κ3) is 2.44. The van der Waals surface area contributed by atoms with Crippen LogP contribution in [0.15, 0.2) is 0 Å². The minimum absolute atomic E-state index is 0.00616. The number of carbonyl (C=O) groups excluding carboxylic acids is 2. The van der Waals surface area contributed by atoms with Crippen molar-refractivity contribution in [2.24, 2.45) is 0 Å². The summed E-state index contributed by atoms with van der Waals surface area (Å²) in [6.07, 6.45) is 1.23. The molecule has 0 bridgehead atoms. The predicted molar refractivity (Wildman–Crippen MR) is 64.5 cm³/mol. The van der Waals surface area contributed by atoms with Gasteiger partial charge >= 0.3 is 0 Å². The third-order valence-corrected chi connectivity index (χ3v) is 3.62. The number of nitrogens with zero attached hydrogens (tertiary/aromatic N) is 1. The van der Waals surface area contributed by atoms with E-state index in [-0.39, 0.29) is 11.8 Å². The molecular formula is C12H22N2O3. The summed E-state index contributed by atoms with van der Waals surface area (Å²) < 4.78 is 4.99. The average Bonchev–Trinajstić information content (AvgIpc) is 2.34. The molecule has 1 heterocycles. The van der Waals surface area contributed by atoms with Crippen molar-refractivity contribution in [3.05, 3.63) is 0 Å². The van der Waals surface area contributed by atoms with E-state index in [1.54, 1.807) is 18.9 Å². The second-order valence-electron chi connectivity index (χ2n) is 4.45. The van der Waals surface area contributed by atoms with Gasteiger partial charge in [0.15, 0.2) is 0 Å². The zero-order valence-electron chi connectivity index (χ0n) is 11.1. The molecule has 1 unspecified atom stereocenters. The lowest BCUT2D eigenvalue weighted by Crippen LogP contribution is -2.69. The van der Waals surface area contributed by atoms with Crippen molar-refractivity contribution < 1.29 is 14.3 Å². The molecule has 1 atom stereocenters. The normalized spacial score (nSPS) is 23.8. The second kappa shape index (κ2) is 5.49. The summed E-state index contributed by atoms with van der Waals surface area (Å²) in [5.41, 5.74) is -0.725. The summed E-state index contributed by atoms with van der Waals surface area (Å²) in [7, 11) is 1.59. The van der Waals surface area contributed by atoms with Crippen LogP contribution in [0.2, 0.25) is 0 Å². The quantitative estimate of drug-likeness (QED) is 0.765. The molecule has 5 heteroatoms. The van der Waals surface area contributed by atoms with Crippen molar-refractivity contribution in [3.8, 4) is 0 Å². The average molecular weight is 242 g/mol. The number of carbonyl (C=O) groups is 2. The summed E-state index contributed by atoms with van der Waals surface area (Å²) in [5, 5.41) is 2.86. The van der Waals surface area contributed by atoms with E-state index in [9.17, 15) is 9.59 Å². The number of amides is 2. The van der Waals surface area contributed by atoms with E-state index in [1.165, 1.54) is 0 Å². The van der Waals surface area contributed by atoms with Crippen molar-refractivity contribution in [1.29, 1.82) is 0 Å². The number of methoxy groups -OCH3 is 1. The lowest BCUT2D eigenvalue weighted by molar-refractivity contribution is -0.155. The van der Waals surface area contributed by atoms with Crippen LogP contribution in [0.5, 0.6) is 0 Å². The van der Waals surface area contributed by atoms with Gasteiger partial charge in [0, 0.05) is 13.7 Å². The van der Waals surface area contributed by atoms with Gasteiger partial charge in [0.1, 0.15) is 11.6 Å². The van der Waals surface area contributed by atoms with E-state index in [1.807, 2.05) is 13.8 Å². The Morgan fingerprint density at radius 1 is 1.35 bits per heavy atom. The highest BCUT2D eigenvalue weighted by Gasteiger charge is 2.46. The molecule has 5 nitrogen and oxygen atoms in total. The fourth-order valence-electron chi connectivity index (χ4n) is 2.20. The van der Waals surface area contributed by atoms with Gasteiger partial charge in [0.25, 0.3) is 0 Å². The lowest BCUT2D eigenvalue weighted by atomic mass is 9.87. The highest BCUT2D eigenvalue weighted by atomic mass is 16.5. The standard InChI is InChI=1S/C12H22N2O3/c1-5-12(6-2)11(16)14(7-8-17-4)9(3)10(15)13-12/h9H,5-8H2,1-4H3,(H,13,15). The second-order valence-corrected chi connectivity index (χ2v) is 4.45. The van der Waals surface area contributed by atoms with Crippen LogP contribution >= 0.6 is 0 Å². The first-order valence-electron chi connectivity index (χ1n) is 6.14. The fraction of sp³-hybridized carbons (Fsp3) is 0.833. The van der Waals surface area contributed by atoms with Crippen molar-refractivity contribution in [2.45, 2.75) is 45.2 Å². The van der Waals surface area contributed by atoms with Crippen LogP contribution < -0.4 is 5.32 Å². The Balaban J connectivity index is 2.94. The Morgan fingerprint density at radius 3 is 2.41 bits per heavy atom. The molecule has 0 spiro atoms. The van der Waals surface area contributed by atoms with Gasteiger partial charge in [-0.05, 0) is 19.8 Å². The molecule has 17 heavy (non-hydrogen) atoms. The summed E-state index contributed by atoms with van der Waals surface area (Å²) in [6, 6.07) is -0.413. The van der Waals surface area contributed by atoms with Gasteiger partial charge < -0.3 is 15.0 Å². The molecule has 0 radical (unpaired) electrons. The molecule has 0 saturated carbocycles. The summed E-state index contributed by atoms with van der Waals surface area (Å²) in [6.45, 7) is 6.51. The van der Waals surface area contributed by atoms with Crippen LogP contribution in [0.4, 0.5) is 0 Å². The summed E-state index contributed by atoms with van der Waals surface area (Å²) in [5.74, 6) is -0.0731. The Bertz CT molecular complexity index is 300. The van der Waals surface area contributed by atoms with Gasteiger partial charge in [-0.1, -0.05) is 13.8 Å². The minimum atomic E-state index is -0.725. The van der Waals surface area contributed by atoms with Crippen LogP contribution in [0.25, 0.3) is 0 Å². The van der Waals surface area contributed by atoms with Gasteiger partial charge in [-0.25, -0.2) is 0 Å². The third-order valence-electron chi connectivity index (χ3n) is 3.62. The highest BCUT2D eigenvalue weighted by Crippen LogP contribution is 2.24. The molecule has 1 fully saturated rings. The molecule has 98 valence electrons. The van der Waals surface area contributed by atoms with Crippen molar-refractivity contribution in [2.75, 3.05) is 20.3 Å². The molecule has 1 aliphatic heterocycles. The largest absolute Gasteiger partial charge is 0.383 e. The maximum absolute atomic E-state index is 12.4. The zero-order valence-corrected chi connectivity index (χ0v) is 11.1. The molecule has 0 aromatic rings. The van der Waals surface area contributed by atoms with Crippen LogP contribution in [-0.2, 0) is 14.3 Å². The number of hydrogen-bond donors (Lipinski definition) is 1. The molecule has 0 aromatic carbocycles. The Kier molecular flexibility index (Phi) is 4.51. The van der Waals surface area contributed by atoms with Crippen molar-refractivity contribution in [1.82, 2.24) is 10.2 Å². The molecule has 0 aromatic heterocycles. The van der Waals surface area contributed by atoms with Crippen LogP contribution in [0, 0.1) is 0 Å². The molecule has 1 rings (SSSR count). The lowest BCUT2D eigenvalue weighted by Gasteiger charge is -2.44. The van der Waals surface area contributed by atoms with E-state index in [0.29, 0.717) is 26.0 Å². The smallest absolute Gasteiger partial charge is 0.249 e. The molecular weight excluding hydrogens is 220 g/mol. The Labute approximate surface area is 102 Å². The Hall–Kier alpha value is -1.10. The molecule has 1 N–H and O–H groups in total. The van der Waals surface area contributed by atoms with Crippen LogP contribution in [0.1, 0.15) is 33.6 Å².